The third-order valence-corrected chi connectivity index (χ3v) is 2.65. The maximum absolute atomic E-state index is 9.41. The van der Waals surface area contributed by atoms with Crippen molar-refractivity contribution in [1.29, 1.82) is 0 Å². The maximum atomic E-state index is 9.41. The van der Waals surface area contributed by atoms with Crippen molar-refractivity contribution in [2.45, 2.75) is 31.3 Å². The summed E-state index contributed by atoms with van der Waals surface area (Å²) in [6.07, 6.45) is 4.18. The third-order valence-electron chi connectivity index (χ3n) is 2.65. The van der Waals surface area contributed by atoms with Crippen LogP contribution in [0.1, 0.15) is 25.5 Å². The van der Waals surface area contributed by atoms with Gasteiger partial charge in [0.2, 0.25) is 0 Å². The second-order valence-electron chi connectivity index (χ2n) is 4.12. The highest BCUT2D eigenvalue weighted by Gasteiger charge is 2.34. The number of aliphatic hydroxyl groups is 1. The van der Waals surface area contributed by atoms with Crippen molar-refractivity contribution < 1.29 is 5.11 Å². The lowest BCUT2D eigenvalue weighted by atomic mass is 9.98. The Morgan fingerprint density at radius 3 is 2.86 bits per heavy atom. The van der Waals surface area contributed by atoms with Crippen molar-refractivity contribution in [1.82, 2.24) is 10.3 Å². The second kappa shape index (κ2) is 3.67. The average Bonchev–Trinajstić information content (AvgIpc) is 3.03. The largest absolute Gasteiger partial charge is 0.394 e. The first kappa shape index (κ1) is 9.62. The van der Waals surface area contributed by atoms with E-state index in [4.69, 9.17) is 0 Å². The Labute approximate surface area is 84.2 Å². The lowest BCUT2D eigenvalue weighted by molar-refractivity contribution is 0.169. The topological polar surface area (TPSA) is 45.1 Å². The van der Waals surface area contributed by atoms with E-state index in [2.05, 4.69) is 10.3 Å². The van der Waals surface area contributed by atoms with Gasteiger partial charge in [-0.1, -0.05) is 6.07 Å². The molecule has 3 nitrogen and oxygen atoms in total. The quantitative estimate of drug-likeness (QED) is 0.749. The summed E-state index contributed by atoms with van der Waals surface area (Å²) in [4.78, 5) is 4.28. The van der Waals surface area contributed by atoms with Gasteiger partial charge in [0.15, 0.2) is 0 Å². The van der Waals surface area contributed by atoms with Gasteiger partial charge in [0.25, 0.3) is 0 Å². The van der Waals surface area contributed by atoms with Gasteiger partial charge in [-0.15, -0.1) is 0 Å². The van der Waals surface area contributed by atoms with Gasteiger partial charge in [0.05, 0.1) is 17.8 Å². The molecule has 1 aromatic heterocycles. The molecule has 76 valence electrons. The smallest absolute Gasteiger partial charge is 0.0816 e. The van der Waals surface area contributed by atoms with E-state index in [9.17, 15) is 5.11 Å². The predicted octanol–water partition coefficient (Wildman–Crippen LogP) is 1.04. The molecule has 2 N–H and O–H groups in total. The first-order valence-corrected chi connectivity index (χ1v) is 5.05. The number of nitrogens with zero attached hydrogens (tertiary/aromatic N) is 1. The first-order valence-electron chi connectivity index (χ1n) is 5.05. The van der Waals surface area contributed by atoms with Gasteiger partial charge in [-0.2, -0.15) is 0 Å². The third kappa shape index (κ3) is 1.94. The summed E-state index contributed by atoms with van der Waals surface area (Å²) in [5, 5.41) is 12.8. The van der Waals surface area contributed by atoms with Gasteiger partial charge in [0.1, 0.15) is 0 Å². The summed E-state index contributed by atoms with van der Waals surface area (Å²) in [6, 6.07) is 6.35. The number of hydrogen-bond donors (Lipinski definition) is 2. The zero-order valence-electron chi connectivity index (χ0n) is 8.40. The van der Waals surface area contributed by atoms with Crippen LogP contribution in [0, 0.1) is 0 Å². The van der Waals surface area contributed by atoms with E-state index in [1.807, 2.05) is 25.1 Å². The van der Waals surface area contributed by atoms with Crippen LogP contribution in [0.4, 0.5) is 0 Å². The molecule has 0 saturated heterocycles. The number of pyridine rings is 1. The van der Waals surface area contributed by atoms with Crippen LogP contribution in [-0.4, -0.2) is 22.7 Å². The molecular weight excluding hydrogens is 176 g/mol. The second-order valence-corrected chi connectivity index (χ2v) is 4.12. The summed E-state index contributed by atoms with van der Waals surface area (Å²) in [6.45, 7) is 2.08. The number of hydrogen-bond acceptors (Lipinski definition) is 3. The van der Waals surface area contributed by atoms with Crippen LogP contribution in [-0.2, 0) is 5.54 Å². The molecule has 1 atom stereocenters. The van der Waals surface area contributed by atoms with E-state index in [-0.39, 0.29) is 12.1 Å². The zero-order valence-corrected chi connectivity index (χ0v) is 8.40. The highest BCUT2D eigenvalue weighted by Crippen LogP contribution is 2.26. The van der Waals surface area contributed by atoms with Gasteiger partial charge in [-0.05, 0) is 31.9 Å². The van der Waals surface area contributed by atoms with Crippen LogP contribution >= 0.6 is 0 Å². The molecular formula is C11H16N2O. The Morgan fingerprint density at radius 1 is 1.57 bits per heavy atom. The van der Waals surface area contributed by atoms with Crippen molar-refractivity contribution in [3.63, 3.8) is 0 Å². The molecule has 3 heteroatoms. The molecule has 0 aliphatic heterocycles. The SMILES string of the molecule is CC(CO)(NC1CC1)c1ccccn1. The normalized spacial score (nSPS) is 20.4. The van der Waals surface area contributed by atoms with E-state index in [1.54, 1.807) is 6.20 Å². The Kier molecular flexibility index (Phi) is 2.52. The van der Waals surface area contributed by atoms with Crippen molar-refractivity contribution in [3.05, 3.63) is 30.1 Å². The van der Waals surface area contributed by atoms with Gasteiger partial charge >= 0.3 is 0 Å². The zero-order chi connectivity index (χ0) is 10.0. The van der Waals surface area contributed by atoms with Gasteiger partial charge < -0.3 is 10.4 Å². The molecule has 1 heterocycles. The van der Waals surface area contributed by atoms with Crippen LogP contribution < -0.4 is 5.32 Å². The molecule has 1 saturated carbocycles. The van der Waals surface area contributed by atoms with Crippen molar-refractivity contribution in [2.24, 2.45) is 0 Å². The summed E-state index contributed by atoms with van der Waals surface area (Å²) in [5.41, 5.74) is 0.525. The molecule has 0 bridgehead atoms. The maximum Gasteiger partial charge on any atom is 0.0816 e. The number of aliphatic hydroxyl groups excluding tert-OH is 1. The van der Waals surface area contributed by atoms with Crippen molar-refractivity contribution in [3.8, 4) is 0 Å². The highest BCUT2D eigenvalue weighted by molar-refractivity contribution is 5.15. The van der Waals surface area contributed by atoms with Gasteiger partial charge in [-0.25, -0.2) is 0 Å². The minimum Gasteiger partial charge on any atom is -0.394 e. The summed E-state index contributed by atoms with van der Waals surface area (Å²) in [5.74, 6) is 0. The van der Waals surface area contributed by atoms with E-state index in [0.717, 1.165) is 5.69 Å². The molecule has 1 fully saturated rings. The Morgan fingerprint density at radius 2 is 2.36 bits per heavy atom. The van der Waals surface area contributed by atoms with Gasteiger partial charge in [-0.3, -0.25) is 4.98 Å². The Hall–Kier alpha value is -0.930. The van der Waals surface area contributed by atoms with Crippen molar-refractivity contribution in [2.75, 3.05) is 6.61 Å². The molecule has 0 aromatic carbocycles. The average molecular weight is 192 g/mol. The molecule has 0 radical (unpaired) electrons. The molecule has 1 aromatic rings. The monoisotopic (exact) mass is 192 g/mol. The lowest BCUT2D eigenvalue weighted by Crippen LogP contribution is -2.44. The van der Waals surface area contributed by atoms with E-state index in [1.165, 1.54) is 12.8 Å². The lowest BCUT2D eigenvalue weighted by Gasteiger charge is -2.28. The highest BCUT2D eigenvalue weighted by atomic mass is 16.3. The van der Waals surface area contributed by atoms with Crippen LogP contribution in [0.25, 0.3) is 0 Å². The Balaban J connectivity index is 2.17. The van der Waals surface area contributed by atoms with Crippen LogP contribution in [0.15, 0.2) is 24.4 Å². The van der Waals surface area contributed by atoms with Crippen molar-refractivity contribution >= 4 is 0 Å². The van der Waals surface area contributed by atoms with E-state index in [0.29, 0.717) is 6.04 Å². The van der Waals surface area contributed by atoms with Gasteiger partial charge in [0, 0.05) is 12.2 Å². The number of nitrogens with one attached hydrogen (secondary N) is 1. The number of rotatable bonds is 4. The fourth-order valence-electron chi connectivity index (χ4n) is 1.57. The minimum atomic E-state index is -0.386. The molecule has 14 heavy (non-hydrogen) atoms. The molecule has 1 aliphatic carbocycles. The first-order chi connectivity index (χ1) is 6.74. The molecule has 0 amide bonds. The minimum absolute atomic E-state index is 0.0838. The number of aromatic nitrogens is 1. The molecule has 0 spiro atoms. The Bertz CT molecular complexity index is 297. The summed E-state index contributed by atoms with van der Waals surface area (Å²) < 4.78 is 0. The predicted molar refractivity (Wildman–Crippen MR) is 54.8 cm³/mol. The van der Waals surface area contributed by atoms with E-state index < -0.39 is 0 Å². The summed E-state index contributed by atoms with van der Waals surface area (Å²) in [7, 11) is 0. The van der Waals surface area contributed by atoms with Crippen LogP contribution in [0.5, 0.6) is 0 Å². The fraction of sp³-hybridized carbons (Fsp3) is 0.545. The standard InChI is InChI=1S/C11H16N2O/c1-11(8-14,13-9-5-6-9)10-4-2-3-7-12-10/h2-4,7,9,13-14H,5-6,8H2,1H3. The molecule has 1 aliphatic rings. The van der Waals surface area contributed by atoms with Crippen LogP contribution in [0.2, 0.25) is 0 Å². The molecule has 1 unspecified atom stereocenters. The van der Waals surface area contributed by atoms with E-state index >= 15 is 0 Å². The van der Waals surface area contributed by atoms with Crippen LogP contribution in [0.3, 0.4) is 0 Å². The summed E-state index contributed by atoms with van der Waals surface area (Å²) >= 11 is 0. The molecule has 2 rings (SSSR count). The fourth-order valence-corrected chi connectivity index (χ4v) is 1.57.